The molecule has 0 amide bonds. The van der Waals surface area contributed by atoms with E-state index in [2.05, 4.69) is 22.2 Å². The van der Waals surface area contributed by atoms with Crippen LogP contribution in [0.5, 0.6) is 11.6 Å². The first-order valence-corrected chi connectivity index (χ1v) is 7.51. The van der Waals surface area contributed by atoms with E-state index >= 15 is 0 Å². The lowest BCUT2D eigenvalue weighted by molar-refractivity contribution is 0.453. The molecule has 0 atom stereocenters. The number of aryl methyl sites for hydroxylation is 2. The minimum absolute atomic E-state index is 0.414. The highest BCUT2D eigenvalue weighted by Crippen LogP contribution is 2.29. The molecule has 0 aromatic carbocycles. The van der Waals surface area contributed by atoms with Crippen LogP contribution in [0.15, 0.2) is 24.4 Å². The van der Waals surface area contributed by atoms with Crippen molar-refractivity contribution < 1.29 is 4.74 Å². The summed E-state index contributed by atoms with van der Waals surface area (Å²) in [4.78, 5) is 8.77. The summed E-state index contributed by atoms with van der Waals surface area (Å²) >= 11 is 6.25. The largest absolute Gasteiger partial charge is 0.436 e. The smallest absolute Gasteiger partial charge is 0.238 e. The van der Waals surface area contributed by atoms with E-state index in [-0.39, 0.29) is 0 Å². The second-order valence-electron chi connectivity index (χ2n) is 4.76. The summed E-state index contributed by atoms with van der Waals surface area (Å²) in [5, 5.41) is 3.74. The van der Waals surface area contributed by atoms with E-state index in [1.807, 2.05) is 32.0 Å². The van der Waals surface area contributed by atoms with E-state index in [0.29, 0.717) is 16.7 Å². The zero-order valence-electron chi connectivity index (χ0n) is 12.6. The van der Waals surface area contributed by atoms with Crippen molar-refractivity contribution in [3.05, 3.63) is 46.4 Å². The Morgan fingerprint density at radius 1 is 1.29 bits per heavy atom. The van der Waals surface area contributed by atoms with Gasteiger partial charge in [0.25, 0.3) is 0 Å². The lowest BCUT2D eigenvalue weighted by Crippen LogP contribution is -2.11. The number of pyridine rings is 2. The Labute approximate surface area is 130 Å². The molecule has 1 N–H and O–H groups in total. The second-order valence-corrected chi connectivity index (χ2v) is 5.17. The molecule has 0 aliphatic rings. The first kappa shape index (κ1) is 15.7. The van der Waals surface area contributed by atoms with Gasteiger partial charge in [-0.25, -0.2) is 4.98 Å². The third-order valence-electron chi connectivity index (χ3n) is 3.06. The van der Waals surface area contributed by atoms with Crippen molar-refractivity contribution in [1.82, 2.24) is 15.3 Å². The molecular formula is C16H20ClN3O. The number of hydrogen-bond donors (Lipinski definition) is 1. The van der Waals surface area contributed by atoms with Crippen molar-refractivity contribution in [2.75, 3.05) is 6.54 Å². The summed E-state index contributed by atoms with van der Waals surface area (Å²) in [6.45, 7) is 7.72. The molecule has 112 valence electrons. The molecular weight excluding hydrogens is 286 g/mol. The van der Waals surface area contributed by atoms with Gasteiger partial charge in [-0.15, -0.1) is 0 Å². The van der Waals surface area contributed by atoms with Crippen molar-refractivity contribution in [1.29, 1.82) is 0 Å². The maximum Gasteiger partial charge on any atom is 0.238 e. The van der Waals surface area contributed by atoms with Crippen LogP contribution in [0, 0.1) is 6.92 Å². The molecule has 2 aromatic rings. The maximum absolute atomic E-state index is 6.25. The second kappa shape index (κ2) is 7.38. The third-order valence-corrected chi connectivity index (χ3v) is 3.33. The molecule has 0 spiro atoms. The maximum atomic E-state index is 6.25. The van der Waals surface area contributed by atoms with Crippen molar-refractivity contribution >= 4 is 11.6 Å². The van der Waals surface area contributed by atoms with E-state index in [1.54, 1.807) is 6.20 Å². The molecule has 0 unspecified atom stereocenters. The lowest BCUT2D eigenvalue weighted by atomic mass is 10.2. The molecule has 2 aromatic heterocycles. The lowest BCUT2D eigenvalue weighted by Gasteiger charge is -2.11. The fourth-order valence-corrected chi connectivity index (χ4v) is 2.18. The summed E-state index contributed by atoms with van der Waals surface area (Å²) in [6, 6.07) is 5.70. The summed E-state index contributed by atoms with van der Waals surface area (Å²) in [5.74, 6) is 1.12. The van der Waals surface area contributed by atoms with E-state index in [4.69, 9.17) is 16.3 Å². The molecule has 0 bridgehead atoms. The van der Waals surface area contributed by atoms with Gasteiger partial charge in [0.05, 0.1) is 5.69 Å². The first-order valence-electron chi connectivity index (χ1n) is 7.13. The van der Waals surface area contributed by atoms with Crippen LogP contribution in [0.25, 0.3) is 0 Å². The molecule has 21 heavy (non-hydrogen) atoms. The number of nitrogens with one attached hydrogen (secondary N) is 1. The van der Waals surface area contributed by atoms with Gasteiger partial charge in [-0.05, 0) is 43.7 Å². The number of hydrogen-bond acceptors (Lipinski definition) is 4. The van der Waals surface area contributed by atoms with Crippen LogP contribution in [0.3, 0.4) is 0 Å². The zero-order chi connectivity index (χ0) is 15.2. The minimum atomic E-state index is 0.414. The standard InChI is InChI=1S/C16H20ClN3O/c1-4-14-15(7-6-11(3)20-14)21-16-13(17)8-12(10-19-16)9-18-5-2/h6-8,10,18H,4-5,9H2,1-3H3. The normalized spacial score (nSPS) is 10.7. The van der Waals surface area contributed by atoms with Crippen LogP contribution < -0.4 is 10.1 Å². The van der Waals surface area contributed by atoms with Crippen molar-refractivity contribution in [2.45, 2.75) is 33.7 Å². The van der Waals surface area contributed by atoms with Crippen molar-refractivity contribution in [3.8, 4) is 11.6 Å². The van der Waals surface area contributed by atoms with Crippen LogP contribution in [0.4, 0.5) is 0 Å². The topological polar surface area (TPSA) is 47.0 Å². The van der Waals surface area contributed by atoms with Gasteiger partial charge in [-0.2, -0.15) is 0 Å². The van der Waals surface area contributed by atoms with E-state index in [1.165, 1.54) is 0 Å². The summed E-state index contributed by atoms with van der Waals surface area (Å²) in [7, 11) is 0. The molecule has 2 heterocycles. The SMILES string of the molecule is CCNCc1cnc(Oc2ccc(C)nc2CC)c(Cl)c1. The quantitative estimate of drug-likeness (QED) is 0.879. The van der Waals surface area contributed by atoms with Gasteiger partial charge in [-0.1, -0.05) is 25.4 Å². The predicted octanol–water partition coefficient (Wildman–Crippen LogP) is 3.90. The average Bonchev–Trinajstić information content (AvgIpc) is 2.49. The Kier molecular flexibility index (Phi) is 5.53. The summed E-state index contributed by atoms with van der Waals surface area (Å²) in [6.07, 6.45) is 2.57. The van der Waals surface area contributed by atoms with E-state index in [0.717, 1.165) is 36.5 Å². The molecule has 0 radical (unpaired) electrons. The van der Waals surface area contributed by atoms with Gasteiger partial charge in [0.1, 0.15) is 5.02 Å². The van der Waals surface area contributed by atoms with Gasteiger partial charge in [0.15, 0.2) is 5.75 Å². The Hall–Kier alpha value is -1.65. The first-order chi connectivity index (χ1) is 10.1. The highest BCUT2D eigenvalue weighted by molar-refractivity contribution is 6.31. The molecule has 5 heteroatoms. The highest BCUT2D eigenvalue weighted by atomic mass is 35.5. The summed E-state index contributed by atoms with van der Waals surface area (Å²) < 4.78 is 5.82. The van der Waals surface area contributed by atoms with Crippen LogP contribution in [0.2, 0.25) is 5.02 Å². The molecule has 2 rings (SSSR count). The van der Waals surface area contributed by atoms with Gasteiger partial charge in [-0.3, -0.25) is 4.98 Å². The molecule has 0 aliphatic carbocycles. The summed E-state index contributed by atoms with van der Waals surface area (Å²) in [5.41, 5.74) is 2.91. The number of rotatable bonds is 6. The Morgan fingerprint density at radius 2 is 2.10 bits per heavy atom. The molecule has 0 aliphatic heterocycles. The fourth-order valence-electron chi connectivity index (χ4n) is 1.95. The van der Waals surface area contributed by atoms with E-state index in [9.17, 15) is 0 Å². The predicted molar refractivity (Wildman–Crippen MR) is 85.1 cm³/mol. The minimum Gasteiger partial charge on any atom is -0.436 e. The van der Waals surface area contributed by atoms with Gasteiger partial charge >= 0.3 is 0 Å². The van der Waals surface area contributed by atoms with Gasteiger partial charge in [0, 0.05) is 18.4 Å². The Morgan fingerprint density at radius 3 is 2.76 bits per heavy atom. The number of nitrogens with zero attached hydrogens (tertiary/aromatic N) is 2. The number of aromatic nitrogens is 2. The van der Waals surface area contributed by atoms with Crippen molar-refractivity contribution in [2.24, 2.45) is 0 Å². The van der Waals surface area contributed by atoms with Crippen LogP contribution in [-0.4, -0.2) is 16.5 Å². The van der Waals surface area contributed by atoms with Crippen LogP contribution >= 0.6 is 11.6 Å². The monoisotopic (exact) mass is 305 g/mol. The Balaban J connectivity index is 2.20. The van der Waals surface area contributed by atoms with Crippen molar-refractivity contribution in [3.63, 3.8) is 0 Å². The number of halogens is 1. The Bertz CT molecular complexity index is 616. The fraction of sp³-hybridized carbons (Fsp3) is 0.375. The molecule has 0 fully saturated rings. The van der Waals surface area contributed by atoms with E-state index < -0.39 is 0 Å². The highest BCUT2D eigenvalue weighted by Gasteiger charge is 2.10. The molecule has 0 saturated carbocycles. The van der Waals surface area contributed by atoms with Gasteiger partial charge in [0.2, 0.25) is 5.88 Å². The number of ether oxygens (including phenoxy) is 1. The van der Waals surface area contributed by atoms with Crippen LogP contribution in [0.1, 0.15) is 30.8 Å². The molecule has 4 nitrogen and oxygen atoms in total. The van der Waals surface area contributed by atoms with Gasteiger partial charge < -0.3 is 10.1 Å². The average molecular weight is 306 g/mol. The van der Waals surface area contributed by atoms with Crippen LogP contribution in [-0.2, 0) is 13.0 Å². The third kappa shape index (κ3) is 4.16. The zero-order valence-corrected chi connectivity index (χ0v) is 13.4. The molecule has 0 saturated heterocycles.